The van der Waals surface area contributed by atoms with Crippen molar-refractivity contribution in [3.63, 3.8) is 0 Å². The number of nitrogens with zero attached hydrogens (tertiary/aromatic N) is 2. The van der Waals surface area contributed by atoms with Gasteiger partial charge in [-0.3, -0.25) is 4.79 Å². The minimum atomic E-state index is -0.268. The van der Waals surface area contributed by atoms with Crippen LogP contribution in [0.3, 0.4) is 0 Å². The number of benzene rings is 2. The van der Waals surface area contributed by atoms with Crippen molar-refractivity contribution < 1.29 is 13.9 Å². The molecule has 1 aliphatic rings. The molecule has 0 saturated carbocycles. The second kappa shape index (κ2) is 10.5. The van der Waals surface area contributed by atoms with Crippen molar-refractivity contribution in [3.05, 3.63) is 70.8 Å². The van der Waals surface area contributed by atoms with Gasteiger partial charge >= 0.3 is 0 Å². The van der Waals surface area contributed by atoms with E-state index in [4.69, 9.17) is 9.72 Å². The van der Waals surface area contributed by atoms with Gasteiger partial charge in [0, 0.05) is 30.0 Å². The van der Waals surface area contributed by atoms with E-state index in [1.165, 1.54) is 12.1 Å². The lowest BCUT2D eigenvalue weighted by molar-refractivity contribution is -0.129. The highest BCUT2D eigenvalue weighted by atomic mass is 32.1. The van der Waals surface area contributed by atoms with Gasteiger partial charge in [0.1, 0.15) is 23.2 Å². The number of carbonyl (C=O) groups excluding carboxylic acids is 1. The van der Waals surface area contributed by atoms with Crippen LogP contribution in [0.1, 0.15) is 24.3 Å². The van der Waals surface area contributed by atoms with E-state index in [-0.39, 0.29) is 17.8 Å². The summed E-state index contributed by atoms with van der Waals surface area (Å²) in [5.41, 5.74) is 2.06. The molecule has 2 aromatic carbocycles. The molecule has 1 aliphatic heterocycles. The summed E-state index contributed by atoms with van der Waals surface area (Å²) >= 11 is 1.61. The van der Waals surface area contributed by atoms with E-state index in [0.29, 0.717) is 31.9 Å². The third-order valence-electron chi connectivity index (χ3n) is 5.39. The minimum absolute atomic E-state index is 0.209. The van der Waals surface area contributed by atoms with E-state index in [0.717, 1.165) is 35.7 Å². The highest BCUT2D eigenvalue weighted by molar-refractivity contribution is 7.09. The molecule has 162 valence electrons. The maximum Gasteiger partial charge on any atom is 0.223 e. The van der Waals surface area contributed by atoms with Crippen molar-refractivity contribution in [2.75, 3.05) is 19.7 Å². The van der Waals surface area contributed by atoms with E-state index in [1.807, 2.05) is 35.2 Å². The highest BCUT2D eigenvalue weighted by Gasteiger charge is 2.31. The number of rotatable bonds is 10. The minimum Gasteiger partial charge on any atom is -0.492 e. The lowest BCUT2D eigenvalue weighted by Gasteiger charge is -2.24. The van der Waals surface area contributed by atoms with E-state index in [9.17, 15) is 9.18 Å². The second-order valence-electron chi connectivity index (χ2n) is 7.55. The summed E-state index contributed by atoms with van der Waals surface area (Å²) in [4.78, 5) is 19.1. The van der Waals surface area contributed by atoms with Crippen molar-refractivity contribution in [1.82, 2.24) is 15.2 Å². The van der Waals surface area contributed by atoms with E-state index < -0.39 is 0 Å². The standard InChI is InChI=1S/C24H26FN3O2S/c25-19-6-9-21(10-7-19)30-15-14-26-13-12-20-8-11-24(29)28(20)16-23-27-22(17-31-23)18-4-2-1-3-5-18/h1-7,9-10,17,20,26H,8,11-16H2/t20-/m0/s1. The monoisotopic (exact) mass is 439 g/mol. The lowest BCUT2D eigenvalue weighted by atomic mass is 10.1. The first-order valence-corrected chi connectivity index (χ1v) is 11.5. The van der Waals surface area contributed by atoms with Gasteiger partial charge in [0.2, 0.25) is 5.91 Å². The smallest absolute Gasteiger partial charge is 0.223 e. The number of aromatic nitrogens is 1. The van der Waals surface area contributed by atoms with Crippen molar-refractivity contribution in [2.24, 2.45) is 0 Å². The summed E-state index contributed by atoms with van der Waals surface area (Å²) in [6.07, 6.45) is 2.40. The Bertz CT molecular complexity index is 978. The maximum atomic E-state index is 12.9. The molecule has 1 aromatic heterocycles. The van der Waals surface area contributed by atoms with Gasteiger partial charge in [-0.05, 0) is 43.7 Å². The molecule has 0 spiro atoms. The van der Waals surface area contributed by atoms with Gasteiger partial charge in [-0.1, -0.05) is 30.3 Å². The van der Waals surface area contributed by atoms with Gasteiger partial charge in [-0.2, -0.15) is 0 Å². The van der Waals surface area contributed by atoms with Crippen LogP contribution in [0.2, 0.25) is 0 Å². The van der Waals surface area contributed by atoms with Crippen LogP contribution in [0.25, 0.3) is 11.3 Å². The molecule has 0 unspecified atom stereocenters. The summed E-state index contributed by atoms with van der Waals surface area (Å²) in [5, 5.41) is 6.40. The van der Waals surface area contributed by atoms with Crippen molar-refractivity contribution in [3.8, 4) is 17.0 Å². The van der Waals surface area contributed by atoms with Crippen LogP contribution in [-0.4, -0.2) is 41.5 Å². The van der Waals surface area contributed by atoms with Gasteiger partial charge in [0.05, 0.1) is 12.2 Å². The predicted octanol–water partition coefficient (Wildman–Crippen LogP) is 4.50. The molecule has 31 heavy (non-hydrogen) atoms. The van der Waals surface area contributed by atoms with Crippen molar-refractivity contribution in [1.29, 1.82) is 0 Å². The normalized spacial score (nSPS) is 16.1. The van der Waals surface area contributed by atoms with E-state index in [1.54, 1.807) is 23.5 Å². The molecular formula is C24H26FN3O2S. The zero-order valence-electron chi connectivity index (χ0n) is 17.3. The number of likely N-dealkylation sites (tertiary alicyclic amines) is 1. The quantitative estimate of drug-likeness (QED) is 0.473. The molecule has 1 amide bonds. The fourth-order valence-electron chi connectivity index (χ4n) is 3.75. The number of nitrogens with one attached hydrogen (secondary N) is 1. The summed E-state index contributed by atoms with van der Waals surface area (Å²) in [6.45, 7) is 2.61. The molecule has 0 radical (unpaired) electrons. The van der Waals surface area contributed by atoms with Crippen LogP contribution in [0.4, 0.5) is 4.39 Å². The number of ether oxygens (including phenoxy) is 1. The Balaban J connectivity index is 1.21. The van der Waals surface area contributed by atoms with Crippen molar-refractivity contribution in [2.45, 2.75) is 31.8 Å². The molecule has 2 heterocycles. The SMILES string of the molecule is O=C1CC[C@@H](CCNCCOc2ccc(F)cc2)N1Cc1nc(-c2ccccc2)cs1. The molecule has 1 N–H and O–H groups in total. The first-order valence-electron chi connectivity index (χ1n) is 10.6. The summed E-state index contributed by atoms with van der Waals surface area (Å²) in [6, 6.07) is 16.4. The van der Waals surface area contributed by atoms with E-state index in [2.05, 4.69) is 10.7 Å². The van der Waals surface area contributed by atoms with Crippen LogP contribution in [0.5, 0.6) is 5.75 Å². The number of hydrogen-bond donors (Lipinski definition) is 1. The molecule has 7 heteroatoms. The number of halogens is 1. The van der Waals surface area contributed by atoms with Crippen LogP contribution < -0.4 is 10.1 Å². The Morgan fingerprint density at radius 1 is 1.13 bits per heavy atom. The Morgan fingerprint density at radius 3 is 2.74 bits per heavy atom. The van der Waals surface area contributed by atoms with Gasteiger partial charge in [0.15, 0.2) is 0 Å². The van der Waals surface area contributed by atoms with Gasteiger partial charge in [0.25, 0.3) is 0 Å². The zero-order chi connectivity index (χ0) is 21.5. The van der Waals surface area contributed by atoms with Gasteiger partial charge < -0.3 is 15.0 Å². The van der Waals surface area contributed by atoms with Crippen molar-refractivity contribution >= 4 is 17.2 Å². The number of hydrogen-bond acceptors (Lipinski definition) is 5. The third-order valence-corrected chi connectivity index (χ3v) is 6.23. The maximum absolute atomic E-state index is 12.9. The predicted molar refractivity (Wildman–Crippen MR) is 121 cm³/mol. The first-order chi connectivity index (χ1) is 15.2. The summed E-state index contributed by atoms with van der Waals surface area (Å²) < 4.78 is 18.5. The van der Waals surface area contributed by atoms with Gasteiger partial charge in [-0.25, -0.2) is 9.37 Å². The second-order valence-corrected chi connectivity index (χ2v) is 8.49. The summed E-state index contributed by atoms with van der Waals surface area (Å²) in [7, 11) is 0. The lowest BCUT2D eigenvalue weighted by Crippen LogP contribution is -2.35. The molecule has 0 aliphatic carbocycles. The molecule has 5 nitrogen and oxygen atoms in total. The Morgan fingerprint density at radius 2 is 1.94 bits per heavy atom. The average Bonchev–Trinajstić information content (AvgIpc) is 3.40. The van der Waals surface area contributed by atoms with Crippen LogP contribution in [0, 0.1) is 5.82 Å². The largest absolute Gasteiger partial charge is 0.492 e. The van der Waals surface area contributed by atoms with Crippen LogP contribution in [0.15, 0.2) is 60.0 Å². The Kier molecular flexibility index (Phi) is 7.27. The first kappa shape index (κ1) is 21.5. The molecule has 1 fully saturated rings. The Labute approximate surface area is 185 Å². The van der Waals surface area contributed by atoms with Crippen LogP contribution in [-0.2, 0) is 11.3 Å². The third kappa shape index (κ3) is 5.89. The van der Waals surface area contributed by atoms with Crippen LogP contribution >= 0.6 is 11.3 Å². The fraction of sp³-hybridized carbons (Fsp3) is 0.333. The molecule has 4 rings (SSSR count). The number of amides is 1. The molecule has 3 aromatic rings. The molecule has 1 saturated heterocycles. The van der Waals surface area contributed by atoms with Gasteiger partial charge in [-0.15, -0.1) is 11.3 Å². The Hall–Kier alpha value is -2.77. The number of carbonyl (C=O) groups is 1. The average molecular weight is 440 g/mol. The molecule has 1 atom stereocenters. The molecular weight excluding hydrogens is 413 g/mol. The highest BCUT2D eigenvalue weighted by Crippen LogP contribution is 2.27. The van der Waals surface area contributed by atoms with E-state index >= 15 is 0 Å². The molecule has 0 bridgehead atoms. The number of thiazole rings is 1. The topological polar surface area (TPSA) is 54.5 Å². The zero-order valence-corrected chi connectivity index (χ0v) is 18.1. The summed E-state index contributed by atoms with van der Waals surface area (Å²) in [5.74, 6) is 0.602. The fourth-order valence-corrected chi connectivity index (χ4v) is 4.55.